The van der Waals surface area contributed by atoms with Crippen LogP contribution in [0.2, 0.25) is 0 Å². The highest BCUT2D eigenvalue weighted by atomic mass is 32.1. The Morgan fingerprint density at radius 2 is 2.28 bits per heavy atom. The summed E-state index contributed by atoms with van der Waals surface area (Å²) in [5.74, 6) is 0.628. The van der Waals surface area contributed by atoms with Crippen molar-refractivity contribution in [3.8, 4) is 0 Å². The summed E-state index contributed by atoms with van der Waals surface area (Å²) in [6.07, 6.45) is 4.23. The first-order valence-electron chi connectivity index (χ1n) is 5.80. The molecule has 0 spiro atoms. The average molecular weight is 276 g/mol. The van der Waals surface area contributed by atoms with Crippen LogP contribution in [0.3, 0.4) is 0 Å². The highest BCUT2D eigenvalue weighted by Crippen LogP contribution is 2.42. The molecular weight excluding hydrogens is 264 g/mol. The van der Waals surface area contributed by atoms with E-state index in [9.17, 15) is 0 Å². The fourth-order valence-electron chi connectivity index (χ4n) is 1.60. The van der Waals surface area contributed by atoms with Gasteiger partial charge in [0.1, 0.15) is 10.00 Å². The van der Waals surface area contributed by atoms with Gasteiger partial charge in [-0.1, -0.05) is 23.6 Å². The topological polar surface area (TPSA) is 50.7 Å². The Morgan fingerprint density at radius 1 is 1.44 bits per heavy atom. The van der Waals surface area contributed by atoms with E-state index in [1.54, 1.807) is 17.5 Å². The van der Waals surface area contributed by atoms with E-state index in [1.807, 2.05) is 19.1 Å². The van der Waals surface area contributed by atoms with Crippen molar-refractivity contribution in [2.75, 3.05) is 5.32 Å². The van der Waals surface area contributed by atoms with Crippen molar-refractivity contribution < 1.29 is 0 Å². The molecule has 0 amide bonds. The molecular formula is C12H12N4S2. The van der Waals surface area contributed by atoms with Gasteiger partial charge in [-0.3, -0.25) is 4.98 Å². The number of hydrogen-bond acceptors (Lipinski definition) is 5. The van der Waals surface area contributed by atoms with Crippen molar-refractivity contribution in [1.82, 2.24) is 15.2 Å². The summed E-state index contributed by atoms with van der Waals surface area (Å²) >= 11 is 6.90. The van der Waals surface area contributed by atoms with Crippen LogP contribution in [0.4, 0.5) is 5.13 Å². The second-order valence-electron chi connectivity index (χ2n) is 4.39. The highest BCUT2D eigenvalue weighted by Gasteiger charge is 2.27. The van der Waals surface area contributed by atoms with Crippen LogP contribution in [0.1, 0.15) is 35.0 Å². The van der Waals surface area contributed by atoms with E-state index in [0.29, 0.717) is 10.9 Å². The lowest BCUT2D eigenvalue weighted by Gasteiger charge is -2.03. The number of rotatable bonds is 3. The normalized spacial score (nSPS) is 14.5. The lowest BCUT2D eigenvalue weighted by Crippen LogP contribution is -2.12. The maximum absolute atomic E-state index is 5.32. The number of thiocarbonyl (C=S) groups is 1. The summed E-state index contributed by atoms with van der Waals surface area (Å²) in [7, 11) is 0. The van der Waals surface area contributed by atoms with Gasteiger partial charge >= 0.3 is 0 Å². The maximum Gasteiger partial charge on any atom is 0.210 e. The maximum atomic E-state index is 5.32. The van der Waals surface area contributed by atoms with Crippen LogP contribution in [-0.4, -0.2) is 20.2 Å². The fourth-order valence-corrected chi connectivity index (χ4v) is 2.79. The van der Waals surface area contributed by atoms with E-state index in [1.165, 1.54) is 12.8 Å². The molecule has 1 N–H and O–H groups in total. The van der Waals surface area contributed by atoms with Crippen molar-refractivity contribution >= 4 is 33.7 Å². The molecule has 0 aromatic carbocycles. The molecule has 2 heterocycles. The third kappa shape index (κ3) is 2.54. The minimum Gasteiger partial charge on any atom is -0.319 e. The van der Waals surface area contributed by atoms with Gasteiger partial charge in [0.05, 0.1) is 5.69 Å². The number of aryl methyl sites for hydroxylation is 1. The van der Waals surface area contributed by atoms with Gasteiger partial charge < -0.3 is 5.32 Å². The first-order chi connectivity index (χ1) is 8.72. The zero-order valence-electron chi connectivity index (χ0n) is 9.88. The van der Waals surface area contributed by atoms with Crippen molar-refractivity contribution in [3.63, 3.8) is 0 Å². The Labute approximate surface area is 114 Å². The summed E-state index contributed by atoms with van der Waals surface area (Å²) in [4.78, 5) is 4.84. The summed E-state index contributed by atoms with van der Waals surface area (Å²) in [5.41, 5.74) is 1.91. The lowest BCUT2D eigenvalue weighted by molar-refractivity contribution is 0.978. The summed E-state index contributed by atoms with van der Waals surface area (Å²) in [6.45, 7) is 2.02. The summed E-state index contributed by atoms with van der Waals surface area (Å²) < 4.78 is 0. The third-order valence-corrected chi connectivity index (χ3v) is 4.05. The molecule has 3 rings (SSSR count). The second kappa shape index (κ2) is 4.70. The number of pyridine rings is 1. The number of aromatic nitrogens is 3. The zero-order valence-corrected chi connectivity index (χ0v) is 11.5. The molecule has 0 bridgehead atoms. The number of nitrogens with one attached hydrogen (secondary N) is 1. The predicted octanol–water partition coefficient (Wildman–Crippen LogP) is 2.91. The van der Waals surface area contributed by atoms with Crippen LogP contribution < -0.4 is 5.32 Å². The number of hydrogen-bond donors (Lipinski definition) is 1. The minimum absolute atomic E-state index is 0.595. The van der Waals surface area contributed by atoms with Crippen molar-refractivity contribution in [1.29, 1.82) is 0 Å². The Morgan fingerprint density at radius 3 is 3.00 bits per heavy atom. The van der Waals surface area contributed by atoms with Gasteiger partial charge in [-0.15, -0.1) is 10.2 Å². The van der Waals surface area contributed by atoms with Crippen molar-refractivity contribution in [2.24, 2.45) is 0 Å². The fraction of sp³-hybridized carbons (Fsp3) is 0.333. The van der Waals surface area contributed by atoms with E-state index >= 15 is 0 Å². The van der Waals surface area contributed by atoms with Gasteiger partial charge in [0.25, 0.3) is 0 Å². The van der Waals surface area contributed by atoms with E-state index < -0.39 is 0 Å². The molecule has 0 radical (unpaired) electrons. The van der Waals surface area contributed by atoms with Gasteiger partial charge in [0, 0.05) is 12.1 Å². The standard InChI is InChI=1S/C12H12N4S2/c1-7-4-5-13-9(6-7)10(17)14-12-16-15-11(18-12)8-2-3-8/h4-6,8H,2-3H2,1H3,(H,14,16,17). The van der Waals surface area contributed by atoms with Crippen LogP contribution in [0, 0.1) is 6.92 Å². The molecule has 2 aromatic rings. The second-order valence-corrected chi connectivity index (χ2v) is 5.81. The van der Waals surface area contributed by atoms with Crippen LogP contribution in [0.15, 0.2) is 18.3 Å². The molecule has 0 atom stereocenters. The molecule has 4 nitrogen and oxygen atoms in total. The van der Waals surface area contributed by atoms with E-state index in [0.717, 1.165) is 21.4 Å². The Kier molecular flexibility index (Phi) is 3.05. The zero-order chi connectivity index (χ0) is 12.5. The van der Waals surface area contributed by atoms with Crippen molar-refractivity contribution in [2.45, 2.75) is 25.7 Å². The summed E-state index contributed by atoms with van der Waals surface area (Å²) in [6, 6.07) is 3.90. The van der Waals surface area contributed by atoms with Crippen LogP contribution in [-0.2, 0) is 0 Å². The molecule has 1 fully saturated rings. The first-order valence-corrected chi connectivity index (χ1v) is 7.02. The average Bonchev–Trinajstić information content (AvgIpc) is 3.11. The number of anilines is 1. The monoisotopic (exact) mass is 276 g/mol. The molecule has 1 aliphatic rings. The highest BCUT2D eigenvalue weighted by molar-refractivity contribution is 7.81. The molecule has 1 aliphatic carbocycles. The minimum atomic E-state index is 0.595. The third-order valence-electron chi connectivity index (χ3n) is 2.74. The van der Waals surface area contributed by atoms with Crippen LogP contribution in [0.25, 0.3) is 0 Å². The molecule has 18 heavy (non-hydrogen) atoms. The van der Waals surface area contributed by atoms with E-state index in [-0.39, 0.29) is 0 Å². The molecule has 0 saturated heterocycles. The Balaban J connectivity index is 1.73. The predicted molar refractivity (Wildman–Crippen MR) is 76.2 cm³/mol. The molecule has 2 aromatic heterocycles. The quantitative estimate of drug-likeness (QED) is 0.874. The lowest BCUT2D eigenvalue weighted by atomic mass is 10.2. The van der Waals surface area contributed by atoms with Gasteiger partial charge in [-0.05, 0) is 37.5 Å². The van der Waals surface area contributed by atoms with E-state index in [4.69, 9.17) is 12.2 Å². The molecule has 1 saturated carbocycles. The number of nitrogens with zero attached hydrogens (tertiary/aromatic N) is 3. The van der Waals surface area contributed by atoms with Gasteiger partial charge in [-0.25, -0.2) is 0 Å². The first kappa shape index (κ1) is 11.7. The SMILES string of the molecule is Cc1ccnc(C(=S)Nc2nnc(C3CC3)s2)c1. The van der Waals surface area contributed by atoms with E-state index in [2.05, 4.69) is 20.5 Å². The Hall–Kier alpha value is -1.40. The Bertz CT molecular complexity index is 589. The molecule has 92 valence electrons. The molecule has 0 aliphatic heterocycles. The van der Waals surface area contributed by atoms with Crippen LogP contribution in [0.5, 0.6) is 0 Å². The molecule has 6 heteroatoms. The molecule has 0 unspecified atom stereocenters. The van der Waals surface area contributed by atoms with Crippen LogP contribution >= 0.6 is 23.6 Å². The van der Waals surface area contributed by atoms with Gasteiger partial charge in [0.2, 0.25) is 5.13 Å². The van der Waals surface area contributed by atoms with Gasteiger partial charge in [-0.2, -0.15) is 0 Å². The largest absolute Gasteiger partial charge is 0.319 e. The smallest absolute Gasteiger partial charge is 0.210 e. The van der Waals surface area contributed by atoms with Gasteiger partial charge in [0.15, 0.2) is 0 Å². The summed E-state index contributed by atoms with van der Waals surface area (Å²) in [5, 5.41) is 13.2. The van der Waals surface area contributed by atoms with Crippen molar-refractivity contribution in [3.05, 3.63) is 34.6 Å².